The zero-order valence-electron chi connectivity index (χ0n) is 14.3. The van der Waals surface area contributed by atoms with Crippen LogP contribution in [-0.4, -0.2) is 48.3 Å². The molecule has 2 aliphatic carbocycles. The van der Waals surface area contributed by atoms with E-state index in [4.69, 9.17) is 4.74 Å². The number of nitrogens with one attached hydrogen (secondary N) is 1. The standard InChI is InChI=1S/C18H34N2O/c1-15(2)21-12-11-20-14-17(3,16-7-8-16)19-13-18(20)9-5-4-6-10-18/h15-16,19H,4-14H2,1-3H3. The molecule has 3 nitrogen and oxygen atoms in total. The predicted octanol–water partition coefficient (Wildman–Crippen LogP) is 3.19. The Morgan fingerprint density at radius 1 is 1.19 bits per heavy atom. The molecule has 3 aliphatic rings. The smallest absolute Gasteiger partial charge is 0.0597 e. The second-order valence-corrected chi connectivity index (χ2v) is 8.17. The van der Waals surface area contributed by atoms with Gasteiger partial charge in [0, 0.05) is 30.7 Å². The van der Waals surface area contributed by atoms with Crippen molar-refractivity contribution in [3.05, 3.63) is 0 Å². The van der Waals surface area contributed by atoms with Crippen molar-refractivity contribution in [1.29, 1.82) is 0 Å². The molecule has 1 unspecified atom stereocenters. The lowest BCUT2D eigenvalue weighted by molar-refractivity contribution is -0.0424. The summed E-state index contributed by atoms with van der Waals surface area (Å²) >= 11 is 0. The van der Waals surface area contributed by atoms with Crippen molar-refractivity contribution in [3.63, 3.8) is 0 Å². The lowest BCUT2D eigenvalue weighted by atomic mass is 9.76. The maximum absolute atomic E-state index is 5.86. The maximum atomic E-state index is 5.86. The predicted molar refractivity (Wildman–Crippen MR) is 87.6 cm³/mol. The van der Waals surface area contributed by atoms with E-state index in [0.29, 0.717) is 17.2 Å². The monoisotopic (exact) mass is 294 g/mol. The SMILES string of the molecule is CC(C)OCCN1CC(C)(C2CC2)NCC12CCCCC2. The van der Waals surface area contributed by atoms with Crippen LogP contribution in [0.5, 0.6) is 0 Å². The van der Waals surface area contributed by atoms with Gasteiger partial charge in [-0.3, -0.25) is 4.90 Å². The van der Waals surface area contributed by atoms with Crippen LogP contribution in [0.25, 0.3) is 0 Å². The minimum atomic E-state index is 0.348. The molecule has 0 aromatic rings. The maximum Gasteiger partial charge on any atom is 0.0597 e. The third kappa shape index (κ3) is 3.46. The van der Waals surface area contributed by atoms with Crippen molar-refractivity contribution in [3.8, 4) is 0 Å². The van der Waals surface area contributed by atoms with Crippen molar-refractivity contribution in [2.45, 2.75) is 82.9 Å². The normalized spacial score (nSPS) is 33.7. The zero-order valence-corrected chi connectivity index (χ0v) is 14.3. The van der Waals surface area contributed by atoms with E-state index in [1.807, 2.05) is 0 Å². The number of ether oxygens (including phenoxy) is 1. The van der Waals surface area contributed by atoms with Gasteiger partial charge in [0.05, 0.1) is 12.7 Å². The van der Waals surface area contributed by atoms with Crippen LogP contribution in [0.3, 0.4) is 0 Å². The first kappa shape index (κ1) is 15.8. The summed E-state index contributed by atoms with van der Waals surface area (Å²) in [5.74, 6) is 0.909. The minimum absolute atomic E-state index is 0.348. The van der Waals surface area contributed by atoms with Gasteiger partial charge >= 0.3 is 0 Å². The summed E-state index contributed by atoms with van der Waals surface area (Å²) in [6.45, 7) is 11.2. The van der Waals surface area contributed by atoms with E-state index in [1.54, 1.807) is 0 Å². The quantitative estimate of drug-likeness (QED) is 0.843. The van der Waals surface area contributed by atoms with Gasteiger partial charge in [-0.1, -0.05) is 19.3 Å². The van der Waals surface area contributed by atoms with Crippen LogP contribution in [0.15, 0.2) is 0 Å². The van der Waals surface area contributed by atoms with Crippen molar-refractivity contribution < 1.29 is 4.74 Å². The Labute approximate surface area is 130 Å². The highest BCUT2D eigenvalue weighted by molar-refractivity contribution is 5.09. The molecular formula is C18H34N2O. The van der Waals surface area contributed by atoms with Crippen molar-refractivity contribution in [2.75, 3.05) is 26.2 Å². The average Bonchev–Trinajstić information content (AvgIpc) is 3.29. The fraction of sp³-hybridized carbons (Fsp3) is 1.00. The Kier molecular flexibility index (Phi) is 4.63. The first-order chi connectivity index (χ1) is 10.0. The average molecular weight is 294 g/mol. The van der Waals surface area contributed by atoms with E-state index >= 15 is 0 Å². The molecule has 1 heterocycles. The molecule has 1 saturated heterocycles. The topological polar surface area (TPSA) is 24.5 Å². The molecule has 0 amide bonds. The van der Waals surface area contributed by atoms with Crippen LogP contribution in [0.2, 0.25) is 0 Å². The summed E-state index contributed by atoms with van der Waals surface area (Å²) < 4.78 is 5.86. The Morgan fingerprint density at radius 3 is 2.52 bits per heavy atom. The largest absolute Gasteiger partial charge is 0.377 e. The highest BCUT2D eigenvalue weighted by Gasteiger charge is 2.50. The van der Waals surface area contributed by atoms with E-state index in [-0.39, 0.29) is 0 Å². The Morgan fingerprint density at radius 2 is 1.90 bits per heavy atom. The molecule has 0 bridgehead atoms. The number of hydrogen-bond acceptors (Lipinski definition) is 3. The van der Waals surface area contributed by atoms with Crippen molar-refractivity contribution in [1.82, 2.24) is 10.2 Å². The highest BCUT2D eigenvalue weighted by atomic mass is 16.5. The molecule has 3 rings (SSSR count). The summed E-state index contributed by atoms with van der Waals surface area (Å²) in [6.07, 6.45) is 10.2. The number of nitrogens with zero attached hydrogens (tertiary/aromatic N) is 1. The van der Waals surface area contributed by atoms with E-state index in [0.717, 1.165) is 19.1 Å². The first-order valence-electron chi connectivity index (χ1n) is 9.16. The van der Waals surface area contributed by atoms with Crippen LogP contribution >= 0.6 is 0 Å². The minimum Gasteiger partial charge on any atom is -0.377 e. The number of rotatable bonds is 5. The number of piperazine rings is 1. The van der Waals surface area contributed by atoms with Gasteiger partial charge in [-0.15, -0.1) is 0 Å². The van der Waals surface area contributed by atoms with Gasteiger partial charge in [0.2, 0.25) is 0 Å². The summed E-state index contributed by atoms with van der Waals surface area (Å²) in [7, 11) is 0. The second-order valence-electron chi connectivity index (χ2n) is 8.17. The molecule has 1 spiro atoms. The molecule has 1 aliphatic heterocycles. The molecule has 3 fully saturated rings. The van der Waals surface area contributed by atoms with E-state index < -0.39 is 0 Å². The summed E-state index contributed by atoms with van der Waals surface area (Å²) in [5, 5.41) is 3.96. The van der Waals surface area contributed by atoms with Crippen LogP contribution in [0.1, 0.15) is 65.7 Å². The van der Waals surface area contributed by atoms with Gasteiger partial charge in [-0.25, -0.2) is 0 Å². The van der Waals surface area contributed by atoms with Crippen LogP contribution in [0.4, 0.5) is 0 Å². The molecule has 122 valence electrons. The Balaban J connectivity index is 1.67. The van der Waals surface area contributed by atoms with E-state index in [1.165, 1.54) is 58.0 Å². The van der Waals surface area contributed by atoms with Gasteiger partial charge in [0.25, 0.3) is 0 Å². The third-order valence-electron chi connectivity index (χ3n) is 6.09. The molecule has 21 heavy (non-hydrogen) atoms. The lowest BCUT2D eigenvalue weighted by Crippen LogP contribution is -2.70. The van der Waals surface area contributed by atoms with Crippen LogP contribution in [-0.2, 0) is 4.74 Å². The third-order valence-corrected chi connectivity index (χ3v) is 6.09. The molecule has 0 aromatic heterocycles. The zero-order chi connectivity index (χ0) is 14.9. The van der Waals surface area contributed by atoms with E-state index in [2.05, 4.69) is 31.0 Å². The van der Waals surface area contributed by atoms with Crippen molar-refractivity contribution >= 4 is 0 Å². The fourth-order valence-corrected chi connectivity index (χ4v) is 4.51. The van der Waals surface area contributed by atoms with E-state index in [9.17, 15) is 0 Å². The molecule has 1 atom stereocenters. The van der Waals surface area contributed by atoms with Gasteiger partial charge in [-0.2, -0.15) is 0 Å². The molecule has 2 saturated carbocycles. The Hall–Kier alpha value is -0.120. The summed E-state index contributed by atoms with van der Waals surface area (Å²) in [4.78, 5) is 2.81. The molecule has 3 heteroatoms. The number of hydrogen-bond donors (Lipinski definition) is 1. The van der Waals surface area contributed by atoms with Crippen LogP contribution in [0, 0.1) is 5.92 Å². The summed E-state index contributed by atoms with van der Waals surface area (Å²) in [5.41, 5.74) is 0.771. The lowest BCUT2D eigenvalue weighted by Gasteiger charge is -2.55. The molecular weight excluding hydrogens is 260 g/mol. The first-order valence-corrected chi connectivity index (χ1v) is 9.16. The van der Waals surface area contributed by atoms with Gasteiger partial charge in [0.1, 0.15) is 0 Å². The highest BCUT2D eigenvalue weighted by Crippen LogP contribution is 2.45. The molecule has 0 aromatic carbocycles. The van der Waals surface area contributed by atoms with Gasteiger partial charge < -0.3 is 10.1 Å². The van der Waals surface area contributed by atoms with Crippen LogP contribution < -0.4 is 5.32 Å². The van der Waals surface area contributed by atoms with Gasteiger partial charge in [0.15, 0.2) is 0 Å². The molecule has 0 radical (unpaired) electrons. The van der Waals surface area contributed by atoms with Gasteiger partial charge in [-0.05, 0) is 52.4 Å². The Bertz CT molecular complexity index is 347. The summed E-state index contributed by atoms with van der Waals surface area (Å²) in [6, 6.07) is 0. The fourth-order valence-electron chi connectivity index (χ4n) is 4.51. The molecule has 1 N–H and O–H groups in total. The second kappa shape index (κ2) is 6.17. The van der Waals surface area contributed by atoms with Crippen molar-refractivity contribution in [2.24, 2.45) is 5.92 Å².